The first kappa shape index (κ1) is 22.8. The van der Waals surface area contributed by atoms with Gasteiger partial charge in [-0.1, -0.05) is 60.7 Å². The van der Waals surface area contributed by atoms with Crippen LogP contribution in [0.1, 0.15) is 11.1 Å². The minimum Gasteiger partial charge on any atom is -0.309 e. The summed E-state index contributed by atoms with van der Waals surface area (Å²) in [5.74, 6) is 12.7. The number of para-hydroxylation sites is 1. The Morgan fingerprint density at radius 3 is 2.21 bits per heavy atom. The molecule has 0 aliphatic carbocycles. The summed E-state index contributed by atoms with van der Waals surface area (Å²) < 4.78 is 0. The van der Waals surface area contributed by atoms with Crippen LogP contribution in [0.4, 0.5) is 5.69 Å². The Bertz CT molecular complexity index is 1140. The van der Waals surface area contributed by atoms with E-state index in [4.69, 9.17) is 23.9 Å². The maximum Gasteiger partial charge on any atom is 0.181 e. The number of benzene rings is 2. The van der Waals surface area contributed by atoms with Crippen molar-refractivity contribution >= 4 is 28.7 Å². The fraction of sp³-hybridized carbons (Fsp3) is 0.160. The number of aromatic nitrogens is 1. The minimum atomic E-state index is -0.103. The molecule has 0 amide bonds. The number of ketones is 1. The van der Waals surface area contributed by atoms with Crippen LogP contribution in [0.2, 0.25) is 0 Å². The highest BCUT2D eigenvalue weighted by molar-refractivity contribution is 7.81. The molecule has 0 radical (unpaired) electrons. The molecular formula is C25H26N6OS. The Labute approximate surface area is 198 Å². The molecular weight excluding hydrogens is 432 g/mol. The number of carbonyl (C=O) groups is 1. The predicted octanol–water partition coefficient (Wildman–Crippen LogP) is 2.80. The Balaban J connectivity index is 1.66. The molecule has 0 atom stereocenters. The van der Waals surface area contributed by atoms with Gasteiger partial charge in [0.1, 0.15) is 4.99 Å². The standard InChI is InChI=1S/C25H26N6OS/c26-30(16-20-11-13-28-14-12-20)22-17-29(15-19-7-3-1-4-8-19)18-23(32)24(22)25(33)31(27)21-9-5-2-6-10-21/h1-14H,15-18,26-27H2. The van der Waals surface area contributed by atoms with Crippen molar-refractivity contribution in [2.45, 2.75) is 13.1 Å². The van der Waals surface area contributed by atoms with Crippen molar-refractivity contribution in [3.8, 4) is 0 Å². The van der Waals surface area contributed by atoms with E-state index in [1.54, 1.807) is 17.4 Å². The molecule has 0 saturated heterocycles. The van der Waals surface area contributed by atoms with Gasteiger partial charge >= 0.3 is 0 Å². The van der Waals surface area contributed by atoms with E-state index in [1.807, 2.05) is 72.8 Å². The van der Waals surface area contributed by atoms with E-state index < -0.39 is 0 Å². The van der Waals surface area contributed by atoms with Gasteiger partial charge in [0.25, 0.3) is 0 Å². The Hall–Kier alpha value is -3.43. The number of anilines is 1. The SMILES string of the molecule is NN(Cc1ccncc1)C1=C(C(=S)N(N)c2ccccc2)C(=O)CN(Cc2ccccc2)C1. The molecule has 2 aromatic carbocycles. The second kappa shape index (κ2) is 10.5. The van der Waals surface area contributed by atoms with E-state index >= 15 is 0 Å². The van der Waals surface area contributed by atoms with Crippen molar-refractivity contribution in [1.29, 1.82) is 0 Å². The molecule has 168 valence electrons. The summed E-state index contributed by atoms with van der Waals surface area (Å²) in [7, 11) is 0. The normalized spacial score (nSPS) is 14.3. The van der Waals surface area contributed by atoms with Crippen molar-refractivity contribution in [2.24, 2.45) is 11.7 Å². The molecule has 1 aliphatic rings. The lowest BCUT2D eigenvalue weighted by Crippen LogP contribution is -2.49. The largest absolute Gasteiger partial charge is 0.309 e. The number of hydrogen-bond donors (Lipinski definition) is 2. The van der Waals surface area contributed by atoms with Gasteiger partial charge in [0.05, 0.1) is 30.0 Å². The van der Waals surface area contributed by atoms with Crippen LogP contribution in [-0.4, -0.2) is 38.8 Å². The third kappa shape index (κ3) is 5.50. The molecule has 4 N–H and O–H groups in total. The van der Waals surface area contributed by atoms with Crippen molar-refractivity contribution in [3.05, 3.63) is 108 Å². The first-order valence-corrected chi connectivity index (χ1v) is 11.0. The van der Waals surface area contributed by atoms with Gasteiger partial charge in [-0.3, -0.25) is 19.7 Å². The third-order valence-electron chi connectivity index (χ3n) is 5.47. The van der Waals surface area contributed by atoms with Crippen LogP contribution < -0.4 is 16.7 Å². The van der Waals surface area contributed by atoms with Gasteiger partial charge in [0.15, 0.2) is 5.78 Å². The maximum atomic E-state index is 13.4. The van der Waals surface area contributed by atoms with Crippen LogP contribution in [0.3, 0.4) is 0 Å². The number of nitrogens with zero attached hydrogens (tertiary/aromatic N) is 4. The topological polar surface area (TPSA) is 91.7 Å². The van der Waals surface area contributed by atoms with Crippen molar-refractivity contribution < 1.29 is 4.79 Å². The number of nitrogens with two attached hydrogens (primary N) is 2. The first-order valence-electron chi connectivity index (χ1n) is 10.6. The van der Waals surface area contributed by atoms with Crippen molar-refractivity contribution in [2.75, 3.05) is 18.1 Å². The summed E-state index contributed by atoms with van der Waals surface area (Å²) in [4.78, 5) is 19.8. The maximum absolute atomic E-state index is 13.4. The van der Waals surface area contributed by atoms with E-state index in [9.17, 15) is 4.79 Å². The molecule has 1 aliphatic heterocycles. The van der Waals surface area contributed by atoms with Crippen LogP contribution in [-0.2, 0) is 17.9 Å². The molecule has 3 aromatic rings. The van der Waals surface area contributed by atoms with Gasteiger partial charge in [-0.15, -0.1) is 0 Å². The van der Waals surface area contributed by atoms with E-state index in [-0.39, 0.29) is 17.3 Å². The number of carbonyl (C=O) groups excluding carboxylic acids is 1. The van der Waals surface area contributed by atoms with Gasteiger partial charge < -0.3 is 5.01 Å². The van der Waals surface area contributed by atoms with Crippen LogP contribution in [0.25, 0.3) is 0 Å². The number of hydrazine groups is 2. The quantitative estimate of drug-likeness (QED) is 0.317. The van der Waals surface area contributed by atoms with Crippen LogP contribution >= 0.6 is 12.2 Å². The summed E-state index contributed by atoms with van der Waals surface area (Å²) in [5.41, 5.74) is 3.84. The lowest BCUT2D eigenvalue weighted by molar-refractivity contribution is -0.117. The second-order valence-corrected chi connectivity index (χ2v) is 8.26. The summed E-state index contributed by atoms with van der Waals surface area (Å²) in [5, 5.41) is 2.96. The lowest BCUT2D eigenvalue weighted by Gasteiger charge is -2.35. The predicted molar refractivity (Wildman–Crippen MR) is 133 cm³/mol. The van der Waals surface area contributed by atoms with Gasteiger partial charge in [0.2, 0.25) is 0 Å². The van der Waals surface area contributed by atoms with Crippen LogP contribution in [0, 0.1) is 0 Å². The van der Waals surface area contributed by atoms with Crippen molar-refractivity contribution in [3.63, 3.8) is 0 Å². The van der Waals surface area contributed by atoms with Crippen molar-refractivity contribution in [1.82, 2.24) is 14.9 Å². The van der Waals surface area contributed by atoms with Gasteiger partial charge in [0, 0.05) is 25.5 Å². The van der Waals surface area contributed by atoms with E-state index in [1.165, 1.54) is 5.01 Å². The highest BCUT2D eigenvalue weighted by Crippen LogP contribution is 2.24. The number of thiocarbonyl (C=S) groups is 1. The summed E-state index contributed by atoms with van der Waals surface area (Å²) >= 11 is 5.70. The fourth-order valence-corrected chi connectivity index (χ4v) is 4.16. The number of rotatable bonds is 7. The molecule has 33 heavy (non-hydrogen) atoms. The molecule has 0 fully saturated rings. The highest BCUT2D eigenvalue weighted by Gasteiger charge is 2.32. The molecule has 0 unspecified atom stereocenters. The van der Waals surface area contributed by atoms with Gasteiger partial charge in [-0.2, -0.15) is 0 Å². The second-order valence-electron chi connectivity index (χ2n) is 7.87. The zero-order valence-corrected chi connectivity index (χ0v) is 19.0. The molecule has 2 heterocycles. The Kier molecular flexibility index (Phi) is 7.21. The number of Topliss-reactive ketones (excluding diaryl/α,β-unsaturated/α-hetero) is 1. The summed E-state index contributed by atoms with van der Waals surface area (Å²) in [6.45, 7) is 1.75. The lowest BCUT2D eigenvalue weighted by atomic mass is 10.0. The molecule has 8 heteroatoms. The zero-order valence-electron chi connectivity index (χ0n) is 18.2. The summed E-state index contributed by atoms with van der Waals surface area (Å²) in [6, 6.07) is 23.2. The molecule has 0 bridgehead atoms. The van der Waals surface area contributed by atoms with E-state index in [0.29, 0.717) is 36.6 Å². The van der Waals surface area contributed by atoms with E-state index in [2.05, 4.69) is 9.88 Å². The number of pyridine rings is 1. The highest BCUT2D eigenvalue weighted by atomic mass is 32.1. The first-order chi connectivity index (χ1) is 16.0. The van der Waals surface area contributed by atoms with Gasteiger partial charge in [-0.05, 0) is 35.4 Å². The van der Waals surface area contributed by atoms with Crippen LogP contribution in [0.5, 0.6) is 0 Å². The molecule has 1 aromatic heterocycles. The fourth-order valence-electron chi connectivity index (χ4n) is 3.83. The molecule has 7 nitrogen and oxygen atoms in total. The molecule has 0 saturated carbocycles. The summed E-state index contributed by atoms with van der Waals surface area (Å²) in [6.07, 6.45) is 3.43. The molecule has 4 rings (SSSR count). The van der Waals surface area contributed by atoms with E-state index in [0.717, 1.165) is 11.1 Å². The average molecular weight is 459 g/mol. The minimum absolute atomic E-state index is 0.103. The Morgan fingerprint density at radius 2 is 1.55 bits per heavy atom. The smallest absolute Gasteiger partial charge is 0.181 e. The average Bonchev–Trinajstić information content (AvgIpc) is 2.84. The zero-order chi connectivity index (χ0) is 23.2. The number of hydrogen-bond acceptors (Lipinski definition) is 7. The van der Waals surface area contributed by atoms with Crippen LogP contribution in [0.15, 0.2) is 96.5 Å². The Morgan fingerprint density at radius 1 is 0.909 bits per heavy atom. The monoisotopic (exact) mass is 458 g/mol. The molecule has 0 spiro atoms. The van der Waals surface area contributed by atoms with Gasteiger partial charge in [-0.25, -0.2) is 11.7 Å². The third-order valence-corrected chi connectivity index (χ3v) is 5.87.